The molecule has 0 unspecified atom stereocenters. The molecule has 0 radical (unpaired) electrons. The second-order valence-corrected chi connectivity index (χ2v) is 7.54. The number of benzene rings is 2. The summed E-state index contributed by atoms with van der Waals surface area (Å²) >= 11 is 0. The van der Waals surface area contributed by atoms with Gasteiger partial charge in [0.1, 0.15) is 0 Å². The van der Waals surface area contributed by atoms with Crippen LogP contribution in [-0.4, -0.2) is 6.21 Å². The van der Waals surface area contributed by atoms with E-state index in [1.54, 1.807) is 0 Å². The average Bonchev–Trinajstić information content (AvgIpc) is 2.67. The van der Waals surface area contributed by atoms with Crippen molar-refractivity contribution in [3.8, 4) is 6.07 Å². The molecule has 2 aromatic rings. The Morgan fingerprint density at radius 3 is 2.44 bits per heavy atom. The van der Waals surface area contributed by atoms with E-state index in [2.05, 4.69) is 42.5 Å². The molecule has 2 aliphatic carbocycles. The molecule has 2 nitrogen and oxygen atoms in total. The van der Waals surface area contributed by atoms with Crippen LogP contribution in [-0.2, 0) is 6.42 Å². The van der Waals surface area contributed by atoms with Crippen LogP contribution in [0.5, 0.6) is 0 Å². The van der Waals surface area contributed by atoms with Crippen LogP contribution in [0, 0.1) is 22.7 Å². The normalized spacial score (nSPS) is 24.8. The van der Waals surface area contributed by atoms with Crippen molar-refractivity contribution in [3.63, 3.8) is 0 Å². The van der Waals surface area contributed by atoms with E-state index < -0.39 is 0 Å². The SMILES string of the molecule is N#C[C@@H]1[C@@H](N=Cc2ccccc2)c2ccccc2CC12CCCCC2. The first-order valence-corrected chi connectivity index (χ1v) is 9.38. The third kappa shape index (κ3) is 3.00. The van der Waals surface area contributed by atoms with Gasteiger partial charge >= 0.3 is 0 Å². The Labute approximate surface area is 150 Å². The minimum absolute atomic E-state index is 0.0253. The third-order valence-electron chi connectivity index (χ3n) is 6.06. The Hall–Kier alpha value is -2.40. The summed E-state index contributed by atoms with van der Waals surface area (Å²) in [5.41, 5.74) is 3.85. The molecule has 1 saturated carbocycles. The fraction of sp³-hybridized carbons (Fsp3) is 0.391. The Morgan fingerprint density at radius 2 is 1.68 bits per heavy atom. The zero-order valence-corrected chi connectivity index (χ0v) is 14.6. The van der Waals surface area contributed by atoms with Gasteiger partial charge in [0, 0.05) is 6.21 Å². The molecule has 2 atom stereocenters. The second-order valence-electron chi connectivity index (χ2n) is 7.54. The first-order valence-electron chi connectivity index (χ1n) is 9.38. The van der Waals surface area contributed by atoms with E-state index >= 15 is 0 Å². The topological polar surface area (TPSA) is 36.1 Å². The van der Waals surface area contributed by atoms with Gasteiger partial charge < -0.3 is 0 Å². The van der Waals surface area contributed by atoms with Crippen LogP contribution in [0.3, 0.4) is 0 Å². The van der Waals surface area contributed by atoms with Gasteiger partial charge in [0.25, 0.3) is 0 Å². The number of nitriles is 1. The van der Waals surface area contributed by atoms with Crippen LogP contribution in [0.15, 0.2) is 59.6 Å². The van der Waals surface area contributed by atoms with Crippen molar-refractivity contribution in [1.82, 2.24) is 0 Å². The summed E-state index contributed by atoms with van der Waals surface area (Å²) in [6, 6.07) is 21.4. The summed E-state index contributed by atoms with van der Waals surface area (Å²) in [5.74, 6) is -0.0253. The molecule has 0 bridgehead atoms. The maximum atomic E-state index is 10.1. The highest BCUT2D eigenvalue weighted by atomic mass is 14.8. The van der Waals surface area contributed by atoms with Crippen LogP contribution >= 0.6 is 0 Å². The van der Waals surface area contributed by atoms with Gasteiger partial charge in [-0.1, -0.05) is 73.9 Å². The minimum Gasteiger partial charge on any atom is -0.283 e. The highest BCUT2D eigenvalue weighted by Gasteiger charge is 2.48. The quantitative estimate of drug-likeness (QED) is 0.671. The largest absolute Gasteiger partial charge is 0.283 e. The van der Waals surface area contributed by atoms with Gasteiger partial charge in [-0.2, -0.15) is 5.26 Å². The average molecular weight is 328 g/mol. The number of hydrogen-bond donors (Lipinski definition) is 0. The fourth-order valence-corrected chi connectivity index (χ4v) is 4.81. The maximum Gasteiger partial charge on any atom is 0.0915 e. The summed E-state index contributed by atoms with van der Waals surface area (Å²) < 4.78 is 0. The molecule has 1 fully saturated rings. The lowest BCUT2D eigenvalue weighted by molar-refractivity contribution is 0.0997. The summed E-state index contributed by atoms with van der Waals surface area (Å²) in [5, 5.41) is 10.1. The van der Waals surface area contributed by atoms with Gasteiger partial charge in [-0.15, -0.1) is 0 Å². The molecule has 0 saturated heterocycles. The number of fused-ring (bicyclic) bond motifs is 1. The highest BCUT2D eigenvalue weighted by Crippen LogP contribution is 2.54. The van der Waals surface area contributed by atoms with Gasteiger partial charge in [-0.3, -0.25) is 4.99 Å². The van der Waals surface area contributed by atoms with Crippen molar-refractivity contribution >= 4 is 6.21 Å². The van der Waals surface area contributed by atoms with E-state index in [-0.39, 0.29) is 17.4 Å². The molecule has 0 heterocycles. The smallest absolute Gasteiger partial charge is 0.0915 e. The Kier molecular flexibility index (Phi) is 4.40. The molecule has 1 spiro atoms. The maximum absolute atomic E-state index is 10.1. The van der Waals surface area contributed by atoms with E-state index in [9.17, 15) is 5.26 Å². The Bertz CT molecular complexity index is 794. The molecular weight excluding hydrogens is 304 g/mol. The van der Waals surface area contributed by atoms with Crippen LogP contribution in [0.2, 0.25) is 0 Å². The molecule has 0 aromatic heterocycles. The number of aliphatic imine (C=N–C) groups is 1. The predicted molar refractivity (Wildman–Crippen MR) is 102 cm³/mol. The summed E-state index contributed by atoms with van der Waals surface area (Å²) in [6.45, 7) is 0. The first-order chi connectivity index (χ1) is 12.3. The molecule has 2 heteroatoms. The van der Waals surface area contributed by atoms with E-state index in [0.29, 0.717) is 0 Å². The van der Waals surface area contributed by atoms with Crippen LogP contribution < -0.4 is 0 Å². The highest BCUT2D eigenvalue weighted by molar-refractivity contribution is 5.79. The van der Waals surface area contributed by atoms with Crippen molar-refractivity contribution in [3.05, 3.63) is 71.3 Å². The lowest BCUT2D eigenvalue weighted by Crippen LogP contribution is -2.41. The molecule has 126 valence electrons. The van der Waals surface area contributed by atoms with E-state index in [4.69, 9.17) is 4.99 Å². The second kappa shape index (κ2) is 6.84. The van der Waals surface area contributed by atoms with Crippen molar-refractivity contribution in [1.29, 1.82) is 5.26 Å². The van der Waals surface area contributed by atoms with Crippen LogP contribution in [0.25, 0.3) is 0 Å². The zero-order chi connectivity index (χ0) is 17.1. The van der Waals surface area contributed by atoms with Gasteiger partial charge in [0.15, 0.2) is 0 Å². The number of nitrogens with zero attached hydrogens (tertiary/aromatic N) is 2. The van der Waals surface area contributed by atoms with Gasteiger partial charge in [0.05, 0.1) is 18.0 Å². The monoisotopic (exact) mass is 328 g/mol. The van der Waals surface area contributed by atoms with E-state index in [1.807, 2.05) is 24.4 Å². The summed E-state index contributed by atoms with van der Waals surface area (Å²) in [6.07, 6.45) is 9.12. The predicted octanol–water partition coefficient (Wildman–Crippen LogP) is 5.49. The molecule has 2 aliphatic rings. The lowest BCUT2D eigenvalue weighted by Gasteiger charge is -2.47. The molecule has 0 aliphatic heterocycles. The number of rotatable bonds is 2. The fourth-order valence-electron chi connectivity index (χ4n) is 4.81. The van der Waals surface area contributed by atoms with Crippen molar-refractivity contribution < 1.29 is 0 Å². The standard InChI is InChI=1S/C23H24N2/c24-16-21-22(25-17-18-9-3-1-4-10-18)20-12-6-5-11-19(20)15-23(21)13-7-2-8-14-23/h1,3-6,9-12,17,21-22H,2,7-8,13-15H2/t21-,22+/m1/s1. The summed E-state index contributed by atoms with van der Waals surface area (Å²) in [7, 11) is 0. The third-order valence-corrected chi connectivity index (χ3v) is 6.06. The molecule has 0 N–H and O–H groups in total. The minimum atomic E-state index is -0.0479. The molecule has 25 heavy (non-hydrogen) atoms. The molecule has 4 rings (SSSR count). The van der Waals surface area contributed by atoms with Gasteiger partial charge in [-0.25, -0.2) is 0 Å². The van der Waals surface area contributed by atoms with Crippen LogP contribution in [0.4, 0.5) is 0 Å². The van der Waals surface area contributed by atoms with E-state index in [1.165, 1.54) is 30.4 Å². The van der Waals surface area contributed by atoms with Crippen molar-refractivity contribution in [2.75, 3.05) is 0 Å². The van der Waals surface area contributed by atoms with Gasteiger partial charge in [-0.05, 0) is 41.4 Å². The Balaban J connectivity index is 1.76. The molecular formula is C23H24N2. The van der Waals surface area contributed by atoms with E-state index in [0.717, 1.165) is 24.8 Å². The first kappa shape index (κ1) is 16.1. The molecule has 2 aromatic carbocycles. The summed E-state index contributed by atoms with van der Waals surface area (Å²) in [4.78, 5) is 4.95. The lowest BCUT2D eigenvalue weighted by atomic mass is 9.57. The zero-order valence-electron chi connectivity index (χ0n) is 14.6. The van der Waals surface area contributed by atoms with Gasteiger partial charge in [0.2, 0.25) is 0 Å². The Morgan fingerprint density at radius 1 is 0.960 bits per heavy atom. The van der Waals surface area contributed by atoms with Crippen molar-refractivity contribution in [2.24, 2.45) is 16.3 Å². The number of hydrogen-bond acceptors (Lipinski definition) is 2. The van der Waals surface area contributed by atoms with Crippen molar-refractivity contribution in [2.45, 2.75) is 44.6 Å². The molecule has 0 amide bonds. The van der Waals surface area contributed by atoms with Crippen LogP contribution in [0.1, 0.15) is 54.8 Å².